The molecule has 15 heavy (non-hydrogen) atoms. The molecule has 1 N–H and O–H groups in total. The van der Waals surface area contributed by atoms with Gasteiger partial charge in [0, 0.05) is 25.5 Å². The van der Waals surface area contributed by atoms with Crippen LogP contribution in [0.2, 0.25) is 0 Å². The summed E-state index contributed by atoms with van der Waals surface area (Å²) in [6.07, 6.45) is 3.08. The molecule has 0 aliphatic carbocycles. The molecule has 1 aliphatic heterocycles. The first-order chi connectivity index (χ1) is 7.25. The molecule has 4 heteroatoms. The van der Waals surface area contributed by atoms with Crippen molar-refractivity contribution in [3.63, 3.8) is 0 Å². The number of nitrogens with one attached hydrogen (secondary N) is 1. The van der Waals surface area contributed by atoms with Gasteiger partial charge in [0.2, 0.25) is 5.95 Å². The third-order valence-electron chi connectivity index (χ3n) is 2.82. The highest BCUT2D eigenvalue weighted by atomic mass is 15.2. The zero-order valence-electron chi connectivity index (χ0n) is 9.40. The topological polar surface area (TPSA) is 41.1 Å². The molecule has 1 aliphatic rings. The van der Waals surface area contributed by atoms with E-state index in [2.05, 4.69) is 27.2 Å². The number of rotatable bonds is 3. The number of hydrogen-bond donors (Lipinski definition) is 1. The predicted octanol–water partition coefficient (Wildman–Crippen LogP) is 0.831. The third kappa shape index (κ3) is 2.65. The van der Waals surface area contributed by atoms with Crippen LogP contribution in [0.4, 0.5) is 5.95 Å². The van der Waals surface area contributed by atoms with Crippen molar-refractivity contribution in [3.8, 4) is 0 Å². The zero-order valence-corrected chi connectivity index (χ0v) is 9.40. The fourth-order valence-corrected chi connectivity index (χ4v) is 1.96. The summed E-state index contributed by atoms with van der Waals surface area (Å²) in [7, 11) is 2.06. The summed E-state index contributed by atoms with van der Waals surface area (Å²) in [6, 6.07) is 1.93. The minimum Gasteiger partial charge on any atom is -0.344 e. The SMILES string of the molecule is Cc1ccnc(N(C)C[C@H]2CCNC2)n1. The first kappa shape index (κ1) is 10.4. The highest BCUT2D eigenvalue weighted by Gasteiger charge is 2.17. The van der Waals surface area contributed by atoms with E-state index in [1.165, 1.54) is 6.42 Å². The lowest BCUT2D eigenvalue weighted by molar-refractivity contribution is 0.572. The lowest BCUT2D eigenvalue weighted by Crippen LogP contribution is -2.28. The number of anilines is 1. The fourth-order valence-electron chi connectivity index (χ4n) is 1.96. The molecule has 0 amide bonds. The molecule has 0 unspecified atom stereocenters. The van der Waals surface area contributed by atoms with Crippen LogP contribution in [-0.4, -0.2) is 36.6 Å². The summed E-state index contributed by atoms with van der Waals surface area (Å²) >= 11 is 0. The predicted molar refractivity (Wildman–Crippen MR) is 61.0 cm³/mol. The van der Waals surface area contributed by atoms with Gasteiger partial charge in [0.25, 0.3) is 0 Å². The van der Waals surface area contributed by atoms with E-state index in [1.807, 2.05) is 19.2 Å². The Morgan fingerprint density at radius 3 is 3.13 bits per heavy atom. The zero-order chi connectivity index (χ0) is 10.7. The molecule has 0 spiro atoms. The smallest absolute Gasteiger partial charge is 0.225 e. The minimum absolute atomic E-state index is 0.735. The van der Waals surface area contributed by atoms with E-state index in [9.17, 15) is 0 Å². The van der Waals surface area contributed by atoms with Gasteiger partial charge in [-0.3, -0.25) is 0 Å². The summed E-state index contributed by atoms with van der Waals surface area (Å²) in [5.74, 6) is 1.57. The molecule has 0 bridgehead atoms. The summed E-state index contributed by atoms with van der Waals surface area (Å²) in [4.78, 5) is 10.8. The fraction of sp³-hybridized carbons (Fsp3) is 0.636. The Morgan fingerprint density at radius 1 is 1.60 bits per heavy atom. The molecule has 0 radical (unpaired) electrons. The van der Waals surface area contributed by atoms with Crippen molar-refractivity contribution >= 4 is 5.95 Å². The van der Waals surface area contributed by atoms with Crippen molar-refractivity contribution in [3.05, 3.63) is 18.0 Å². The van der Waals surface area contributed by atoms with Crippen LogP contribution in [0.1, 0.15) is 12.1 Å². The van der Waals surface area contributed by atoms with E-state index in [0.29, 0.717) is 0 Å². The van der Waals surface area contributed by atoms with Gasteiger partial charge >= 0.3 is 0 Å². The van der Waals surface area contributed by atoms with Gasteiger partial charge in [-0.25, -0.2) is 9.97 Å². The number of aryl methyl sites for hydroxylation is 1. The first-order valence-corrected chi connectivity index (χ1v) is 5.47. The van der Waals surface area contributed by atoms with Crippen LogP contribution in [0.5, 0.6) is 0 Å². The molecular formula is C11H18N4. The summed E-state index contributed by atoms with van der Waals surface area (Å²) in [6.45, 7) is 5.30. The summed E-state index contributed by atoms with van der Waals surface area (Å²) < 4.78 is 0. The van der Waals surface area contributed by atoms with Gasteiger partial charge in [0.15, 0.2) is 0 Å². The van der Waals surface area contributed by atoms with Gasteiger partial charge in [-0.15, -0.1) is 0 Å². The molecule has 1 saturated heterocycles. The first-order valence-electron chi connectivity index (χ1n) is 5.47. The highest BCUT2D eigenvalue weighted by Crippen LogP contribution is 2.12. The van der Waals surface area contributed by atoms with Crippen molar-refractivity contribution in [2.75, 3.05) is 31.6 Å². The quantitative estimate of drug-likeness (QED) is 0.795. The lowest BCUT2D eigenvalue weighted by Gasteiger charge is -2.20. The van der Waals surface area contributed by atoms with Crippen LogP contribution >= 0.6 is 0 Å². The van der Waals surface area contributed by atoms with Gasteiger partial charge in [-0.1, -0.05) is 0 Å². The number of hydrogen-bond acceptors (Lipinski definition) is 4. The Labute approximate surface area is 90.7 Å². The lowest BCUT2D eigenvalue weighted by atomic mass is 10.1. The molecular weight excluding hydrogens is 188 g/mol. The van der Waals surface area contributed by atoms with Gasteiger partial charge in [-0.05, 0) is 38.4 Å². The van der Waals surface area contributed by atoms with Crippen molar-refractivity contribution in [2.45, 2.75) is 13.3 Å². The summed E-state index contributed by atoms with van der Waals surface area (Å²) in [5, 5.41) is 3.37. The second kappa shape index (κ2) is 4.57. The normalized spacial score (nSPS) is 20.5. The Morgan fingerprint density at radius 2 is 2.47 bits per heavy atom. The van der Waals surface area contributed by atoms with Crippen molar-refractivity contribution in [1.29, 1.82) is 0 Å². The Balaban J connectivity index is 1.97. The molecule has 2 heterocycles. The number of aromatic nitrogens is 2. The summed E-state index contributed by atoms with van der Waals surface area (Å²) in [5.41, 5.74) is 1.02. The van der Waals surface area contributed by atoms with Gasteiger partial charge < -0.3 is 10.2 Å². The molecule has 0 aromatic carbocycles. The largest absolute Gasteiger partial charge is 0.344 e. The van der Waals surface area contributed by atoms with Crippen LogP contribution in [0.15, 0.2) is 12.3 Å². The van der Waals surface area contributed by atoms with Crippen LogP contribution in [0.3, 0.4) is 0 Å². The molecule has 1 aromatic heterocycles. The Bertz CT molecular complexity index is 320. The number of nitrogens with zero attached hydrogens (tertiary/aromatic N) is 3. The van der Waals surface area contributed by atoms with E-state index in [-0.39, 0.29) is 0 Å². The average molecular weight is 206 g/mol. The molecule has 1 atom stereocenters. The monoisotopic (exact) mass is 206 g/mol. The van der Waals surface area contributed by atoms with E-state index in [0.717, 1.165) is 37.2 Å². The average Bonchev–Trinajstić information content (AvgIpc) is 2.70. The second-order valence-electron chi connectivity index (χ2n) is 4.24. The van der Waals surface area contributed by atoms with Crippen LogP contribution in [0.25, 0.3) is 0 Å². The molecule has 0 saturated carbocycles. The maximum absolute atomic E-state index is 4.41. The highest BCUT2D eigenvalue weighted by molar-refractivity contribution is 5.28. The maximum atomic E-state index is 4.41. The minimum atomic E-state index is 0.735. The van der Waals surface area contributed by atoms with Gasteiger partial charge in [0.1, 0.15) is 0 Å². The van der Waals surface area contributed by atoms with Crippen molar-refractivity contribution in [1.82, 2.24) is 15.3 Å². The van der Waals surface area contributed by atoms with Gasteiger partial charge in [0.05, 0.1) is 0 Å². The standard InChI is InChI=1S/C11H18N4/c1-9-3-6-13-11(14-9)15(2)8-10-4-5-12-7-10/h3,6,10,12H,4-5,7-8H2,1-2H3/t10-/m0/s1. The van der Waals surface area contributed by atoms with E-state index in [4.69, 9.17) is 0 Å². The molecule has 4 nitrogen and oxygen atoms in total. The molecule has 2 rings (SSSR count). The van der Waals surface area contributed by atoms with E-state index in [1.54, 1.807) is 0 Å². The van der Waals surface area contributed by atoms with Crippen molar-refractivity contribution in [2.24, 2.45) is 5.92 Å². The Kier molecular flexibility index (Phi) is 3.16. The van der Waals surface area contributed by atoms with Crippen molar-refractivity contribution < 1.29 is 0 Å². The van der Waals surface area contributed by atoms with Crippen LogP contribution < -0.4 is 10.2 Å². The van der Waals surface area contributed by atoms with Crippen LogP contribution in [0, 0.1) is 12.8 Å². The third-order valence-corrected chi connectivity index (χ3v) is 2.82. The Hall–Kier alpha value is -1.16. The molecule has 1 fully saturated rings. The molecule has 1 aromatic rings. The van der Waals surface area contributed by atoms with Gasteiger partial charge in [-0.2, -0.15) is 0 Å². The second-order valence-corrected chi connectivity index (χ2v) is 4.24. The van der Waals surface area contributed by atoms with E-state index >= 15 is 0 Å². The maximum Gasteiger partial charge on any atom is 0.225 e. The van der Waals surface area contributed by atoms with Crippen LogP contribution in [-0.2, 0) is 0 Å². The molecule has 82 valence electrons. The van der Waals surface area contributed by atoms with E-state index < -0.39 is 0 Å².